The van der Waals surface area contributed by atoms with E-state index in [9.17, 15) is 23.1 Å². The smallest absolute Gasteiger partial charge is 0.416 e. The molecular weight excluding hydrogens is 535 g/mol. The molecule has 1 aliphatic rings. The summed E-state index contributed by atoms with van der Waals surface area (Å²) in [7, 11) is 0. The molecule has 1 heterocycles. The van der Waals surface area contributed by atoms with E-state index in [-0.39, 0.29) is 19.0 Å². The Labute approximate surface area is 235 Å². The van der Waals surface area contributed by atoms with Crippen LogP contribution in [0.3, 0.4) is 0 Å². The summed E-state index contributed by atoms with van der Waals surface area (Å²) in [4.78, 5) is 12.4. The molecule has 1 saturated carbocycles. The van der Waals surface area contributed by atoms with E-state index in [0.29, 0.717) is 29.2 Å². The van der Waals surface area contributed by atoms with Crippen molar-refractivity contribution in [2.24, 2.45) is 0 Å². The van der Waals surface area contributed by atoms with Gasteiger partial charge in [-0.1, -0.05) is 65.8 Å². The summed E-state index contributed by atoms with van der Waals surface area (Å²) in [5.41, 5.74) is 3.93. The number of halogens is 3. The molecule has 0 aliphatic heterocycles. The Balaban J connectivity index is 1.25. The second-order valence-electron chi connectivity index (χ2n) is 10.2. The number of hydrogen-bond donors (Lipinski definition) is 1. The molecule has 9 heteroatoms. The number of carbonyl (C=O) groups is 1. The molecule has 1 unspecified atom stereocenters. The van der Waals surface area contributed by atoms with Gasteiger partial charge >= 0.3 is 12.1 Å². The lowest BCUT2D eigenvalue weighted by Crippen LogP contribution is -2.23. The van der Waals surface area contributed by atoms with E-state index in [4.69, 9.17) is 14.0 Å². The van der Waals surface area contributed by atoms with Crippen LogP contribution in [0.1, 0.15) is 47.7 Å². The second kappa shape index (κ2) is 11.5. The molecule has 0 amide bonds. The SMILES string of the molecule is CCOC(=O)C1(c2ccc(-c3ccc(-c4onc(C)c4CC(O)OCc4cccc(C(F)(F)F)c4)cc3)cc2)CC1. The van der Waals surface area contributed by atoms with Gasteiger partial charge < -0.3 is 19.1 Å². The van der Waals surface area contributed by atoms with E-state index in [1.165, 1.54) is 12.1 Å². The van der Waals surface area contributed by atoms with Gasteiger partial charge in [-0.25, -0.2) is 0 Å². The maximum atomic E-state index is 13.0. The number of ether oxygens (including phenoxy) is 2. The lowest BCUT2D eigenvalue weighted by atomic mass is 9.93. The van der Waals surface area contributed by atoms with Crippen molar-refractivity contribution in [3.05, 3.63) is 101 Å². The van der Waals surface area contributed by atoms with E-state index in [0.717, 1.165) is 47.2 Å². The summed E-state index contributed by atoms with van der Waals surface area (Å²) in [6, 6.07) is 20.4. The van der Waals surface area contributed by atoms with Crippen molar-refractivity contribution >= 4 is 5.97 Å². The Morgan fingerprint density at radius 1 is 1.02 bits per heavy atom. The fourth-order valence-corrected chi connectivity index (χ4v) is 4.92. The topological polar surface area (TPSA) is 81.8 Å². The Morgan fingerprint density at radius 2 is 1.66 bits per heavy atom. The quantitative estimate of drug-likeness (QED) is 0.165. The van der Waals surface area contributed by atoms with E-state index in [1.807, 2.05) is 55.5 Å². The van der Waals surface area contributed by atoms with Crippen LogP contribution in [0, 0.1) is 6.92 Å². The van der Waals surface area contributed by atoms with Crippen molar-refractivity contribution in [2.75, 3.05) is 6.61 Å². The molecule has 41 heavy (non-hydrogen) atoms. The summed E-state index contributed by atoms with van der Waals surface area (Å²) < 4.78 is 55.2. The Hall–Kier alpha value is -3.95. The number of aromatic nitrogens is 1. The first-order chi connectivity index (χ1) is 19.6. The molecule has 0 bridgehead atoms. The zero-order chi connectivity index (χ0) is 29.2. The van der Waals surface area contributed by atoms with Crippen molar-refractivity contribution in [1.82, 2.24) is 5.16 Å². The molecule has 4 aromatic rings. The minimum Gasteiger partial charge on any atom is -0.465 e. The Morgan fingerprint density at radius 3 is 2.27 bits per heavy atom. The number of aliphatic hydroxyl groups is 1. The molecule has 0 radical (unpaired) electrons. The van der Waals surface area contributed by atoms with Crippen molar-refractivity contribution in [3.8, 4) is 22.5 Å². The standard InChI is InChI=1S/C32H30F3NO5/c1-3-39-30(38)31(15-16-31)25-13-11-23(12-14-25)22-7-9-24(10-8-22)29-27(20(2)36-41-29)18-28(37)40-19-21-5-4-6-26(17-21)32(33,34)35/h4-14,17,28,37H,3,15-16,18-19H2,1-2H3. The number of aliphatic hydroxyl groups excluding tert-OH is 1. The minimum atomic E-state index is -4.45. The van der Waals surface area contributed by atoms with Crippen LogP contribution in [0.5, 0.6) is 0 Å². The molecule has 5 rings (SSSR count). The third kappa shape index (κ3) is 6.21. The van der Waals surface area contributed by atoms with E-state index in [1.54, 1.807) is 6.92 Å². The fourth-order valence-electron chi connectivity index (χ4n) is 4.92. The Kier molecular flexibility index (Phi) is 8.02. The highest BCUT2D eigenvalue weighted by atomic mass is 19.4. The first-order valence-electron chi connectivity index (χ1n) is 13.4. The predicted molar refractivity (Wildman–Crippen MR) is 146 cm³/mol. The zero-order valence-corrected chi connectivity index (χ0v) is 22.7. The lowest BCUT2D eigenvalue weighted by Gasteiger charge is -2.15. The maximum absolute atomic E-state index is 13.0. The first kappa shape index (κ1) is 28.6. The highest BCUT2D eigenvalue weighted by Crippen LogP contribution is 2.49. The molecule has 1 aliphatic carbocycles. The van der Waals surface area contributed by atoms with Gasteiger partial charge in [0.2, 0.25) is 0 Å². The number of esters is 1. The number of hydrogen-bond acceptors (Lipinski definition) is 6. The third-order valence-corrected chi connectivity index (χ3v) is 7.39. The molecular formula is C32H30F3NO5. The van der Waals surface area contributed by atoms with Crippen molar-refractivity contribution in [2.45, 2.75) is 57.6 Å². The van der Waals surface area contributed by atoms with Crippen LogP contribution < -0.4 is 0 Å². The Bertz CT molecular complexity index is 1510. The van der Waals surface area contributed by atoms with E-state index >= 15 is 0 Å². The van der Waals surface area contributed by atoms with Gasteiger partial charge in [0.25, 0.3) is 0 Å². The monoisotopic (exact) mass is 565 g/mol. The maximum Gasteiger partial charge on any atom is 0.416 e. The number of rotatable bonds is 10. The number of carbonyl (C=O) groups excluding carboxylic acids is 1. The molecule has 0 spiro atoms. The van der Waals surface area contributed by atoms with Gasteiger partial charge in [0.05, 0.1) is 29.9 Å². The van der Waals surface area contributed by atoms with Crippen molar-refractivity contribution in [1.29, 1.82) is 0 Å². The van der Waals surface area contributed by atoms with E-state index in [2.05, 4.69) is 5.16 Å². The van der Waals surface area contributed by atoms with Gasteiger partial charge in [-0.2, -0.15) is 13.2 Å². The lowest BCUT2D eigenvalue weighted by molar-refractivity contribution is -0.146. The van der Waals surface area contributed by atoms with Crippen molar-refractivity contribution < 1.29 is 37.1 Å². The third-order valence-electron chi connectivity index (χ3n) is 7.39. The molecule has 1 fully saturated rings. The highest BCUT2D eigenvalue weighted by Gasteiger charge is 2.52. The van der Waals surface area contributed by atoms with Crippen LogP contribution in [0.15, 0.2) is 77.3 Å². The van der Waals surface area contributed by atoms with Crippen LogP contribution in [0.2, 0.25) is 0 Å². The van der Waals surface area contributed by atoms with Crippen LogP contribution >= 0.6 is 0 Å². The predicted octanol–water partition coefficient (Wildman–Crippen LogP) is 7.01. The average Bonchev–Trinajstić information content (AvgIpc) is 3.71. The van der Waals surface area contributed by atoms with Gasteiger partial charge in [-0.3, -0.25) is 4.79 Å². The van der Waals surface area contributed by atoms with Crippen LogP contribution in [-0.2, 0) is 38.9 Å². The molecule has 1 atom stereocenters. The molecule has 214 valence electrons. The number of aryl methyl sites for hydroxylation is 1. The van der Waals surface area contributed by atoms with Crippen molar-refractivity contribution in [3.63, 3.8) is 0 Å². The van der Waals surface area contributed by atoms with Gasteiger partial charge in [0, 0.05) is 17.5 Å². The van der Waals surface area contributed by atoms with Crippen LogP contribution in [-0.4, -0.2) is 29.1 Å². The largest absolute Gasteiger partial charge is 0.465 e. The molecule has 0 saturated heterocycles. The fraction of sp³-hybridized carbons (Fsp3) is 0.312. The summed E-state index contributed by atoms with van der Waals surface area (Å²) >= 11 is 0. The summed E-state index contributed by atoms with van der Waals surface area (Å²) in [6.07, 6.45) is -4.09. The van der Waals surface area contributed by atoms with Crippen LogP contribution in [0.25, 0.3) is 22.5 Å². The van der Waals surface area contributed by atoms with Gasteiger partial charge in [0.15, 0.2) is 12.1 Å². The molecule has 1 N–H and O–H groups in total. The number of nitrogens with zero attached hydrogens (tertiary/aromatic N) is 1. The van der Waals surface area contributed by atoms with Gasteiger partial charge in [0.1, 0.15) is 0 Å². The molecule has 1 aromatic heterocycles. The van der Waals surface area contributed by atoms with E-state index < -0.39 is 23.4 Å². The molecule has 3 aromatic carbocycles. The number of alkyl halides is 3. The number of benzene rings is 3. The average molecular weight is 566 g/mol. The summed E-state index contributed by atoms with van der Waals surface area (Å²) in [5.74, 6) is 0.317. The highest BCUT2D eigenvalue weighted by molar-refractivity contribution is 5.87. The summed E-state index contributed by atoms with van der Waals surface area (Å²) in [5, 5.41) is 14.6. The first-order valence-corrected chi connectivity index (χ1v) is 13.4. The minimum absolute atomic E-state index is 0.0507. The van der Waals surface area contributed by atoms with Gasteiger partial charge in [-0.05, 0) is 61.1 Å². The summed E-state index contributed by atoms with van der Waals surface area (Å²) in [6.45, 7) is 3.74. The normalized spacial score (nSPS) is 15.0. The second-order valence-corrected chi connectivity index (χ2v) is 10.2. The van der Waals surface area contributed by atoms with Gasteiger partial charge in [-0.15, -0.1) is 0 Å². The zero-order valence-electron chi connectivity index (χ0n) is 22.7. The molecule has 6 nitrogen and oxygen atoms in total. The van der Waals surface area contributed by atoms with Crippen LogP contribution in [0.4, 0.5) is 13.2 Å².